The summed E-state index contributed by atoms with van der Waals surface area (Å²) in [6.07, 6.45) is 0. The molecule has 0 fully saturated rings. The third-order valence-electron chi connectivity index (χ3n) is 1.31. The Morgan fingerprint density at radius 2 is 1.58 bits per heavy atom. The van der Waals surface area contributed by atoms with E-state index in [1.807, 2.05) is 6.92 Å². The molecule has 0 saturated heterocycles. The van der Waals surface area contributed by atoms with Gasteiger partial charge in [-0.05, 0) is 19.1 Å². The van der Waals surface area contributed by atoms with E-state index in [1.165, 1.54) is 12.1 Å². The van der Waals surface area contributed by atoms with Crippen LogP contribution in [0.3, 0.4) is 0 Å². The molecule has 1 aromatic carbocycles. The van der Waals surface area contributed by atoms with Crippen LogP contribution in [0, 0.1) is 6.92 Å². The van der Waals surface area contributed by atoms with Gasteiger partial charge in [-0.1, -0.05) is 17.7 Å². The van der Waals surface area contributed by atoms with E-state index in [1.54, 1.807) is 12.1 Å². The van der Waals surface area contributed by atoms with Crippen LogP contribution in [-0.2, 0) is 37.8 Å². The molecule has 0 unspecified atom stereocenters. The van der Waals surface area contributed by atoms with E-state index in [2.05, 4.69) is 0 Å². The van der Waals surface area contributed by atoms with Gasteiger partial charge in [0, 0.05) is 0 Å². The molecule has 0 aliphatic carbocycles. The number of hydrogen-bond acceptors (Lipinski definition) is 3. The summed E-state index contributed by atoms with van der Waals surface area (Å²) in [5.41, 5.74) is 0.928. The Balaban J connectivity index is 0.00000121. The van der Waals surface area contributed by atoms with Crippen LogP contribution in [0.25, 0.3) is 0 Å². The van der Waals surface area contributed by atoms with E-state index in [4.69, 9.17) is 0 Å². The molecule has 12 heavy (non-hydrogen) atoms. The third kappa shape index (κ3) is 3.20. The zero-order chi connectivity index (χ0) is 8.48. The Hall–Kier alpha value is 0.0651. The van der Waals surface area contributed by atoms with Gasteiger partial charge < -0.3 is 4.55 Å². The molecule has 0 aromatic heterocycles. The van der Waals surface area contributed by atoms with Crippen molar-refractivity contribution in [1.29, 1.82) is 0 Å². The molecule has 0 aliphatic heterocycles. The van der Waals surface area contributed by atoms with Gasteiger partial charge in [-0.3, -0.25) is 0 Å². The summed E-state index contributed by atoms with van der Waals surface area (Å²) in [6.45, 7) is 1.82. The summed E-state index contributed by atoms with van der Waals surface area (Å²) in [5.74, 6) is 0. The molecule has 0 aliphatic rings. The molecule has 61 valence electrons. The quantitative estimate of drug-likeness (QED) is 0.544. The second-order valence-electron chi connectivity index (χ2n) is 2.27. The Morgan fingerprint density at radius 1 is 1.17 bits per heavy atom. The molecule has 5 heteroatoms. The van der Waals surface area contributed by atoms with Crippen LogP contribution in [0.5, 0.6) is 0 Å². The van der Waals surface area contributed by atoms with Crippen LogP contribution in [0.1, 0.15) is 5.56 Å². The molecule has 0 bridgehead atoms. The van der Waals surface area contributed by atoms with Crippen molar-refractivity contribution < 1.29 is 40.6 Å². The first-order valence-corrected chi connectivity index (χ1v) is 4.43. The van der Waals surface area contributed by atoms with Crippen LogP contribution in [-0.4, -0.2) is 13.0 Å². The van der Waals surface area contributed by atoms with Gasteiger partial charge in [0.2, 0.25) is 0 Å². The predicted molar refractivity (Wildman–Crippen MR) is 39.1 cm³/mol. The summed E-state index contributed by atoms with van der Waals surface area (Å²) in [5, 5.41) is 0. The summed E-state index contributed by atoms with van der Waals surface area (Å²) in [6, 6.07) is 5.78. The summed E-state index contributed by atoms with van der Waals surface area (Å²) >= 11 is 0. The fourth-order valence-corrected chi connectivity index (χ4v) is 1.17. The smallest absolute Gasteiger partial charge is 0.744 e. The Kier molecular flexibility index (Phi) is 4.37. The summed E-state index contributed by atoms with van der Waals surface area (Å²) in [4.78, 5) is -0.178. The van der Waals surface area contributed by atoms with Crippen LogP contribution in [0.2, 0.25) is 0 Å². The monoisotopic (exact) mass is 373 g/mol. The zero-order valence-electron chi connectivity index (χ0n) is 6.65. The summed E-state index contributed by atoms with van der Waals surface area (Å²) < 4.78 is 31.2. The van der Waals surface area contributed by atoms with Crippen molar-refractivity contribution >= 4 is 10.1 Å². The summed E-state index contributed by atoms with van der Waals surface area (Å²) in [7, 11) is -4.27. The van der Waals surface area contributed by atoms with Gasteiger partial charge in [-0.2, -0.15) is 0 Å². The van der Waals surface area contributed by atoms with Gasteiger partial charge in [-0.25, -0.2) is 8.42 Å². The zero-order valence-corrected chi connectivity index (χ0v) is 13.0. The van der Waals surface area contributed by atoms with Crippen molar-refractivity contribution in [3.8, 4) is 0 Å². The number of hydrogen-bond donors (Lipinski definition) is 0. The second kappa shape index (κ2) is 4.34. The van der Waals surface area contributed by atoms with Gasteiger partial charge in [0.05, 0.1) is 4.90 Å². The molecule has 0 amide bonds. The van der Waals surface area contributed by atoms with Gasteiger partial charge in [0.15, 0.2) is 0 Å². The average Bonchev–Trinajstić information content (AvgIpc) is 1.86. The normalized spacial score (nSPS) is 10.5. The van der Waals surface area contributed by atoms with Crippen molar-refractivity contribution in [1.82, 2.24) is 0 Å². The van der Waals surface area contributed by atoms with Crippen molar-refractivity contribution in [2.24, 2.45) is 0 Å². The van der Waals surface area contributed by atoms with E-state index in [-0.39, 0.29) is 32.6 Å². The Labute approximate surface area is 92.1 Å². The van der Waals surface area contributed by atoms with Gasteiger partial charge >= 0.3 is 27.7 Å². The molecular formula is C7H7HgO3S. The topological polar surface area (TPSA) is 57.2 Å². The first-order valence-electron chi connectivity index (χ1n) is 3.03. The molecule has 1 radical (unpaired) electrons. The van der Waals surface area contributed by atoms with E-state index in [9.17, 15) is 13.0 Å². The van der Waals surface area contributed by atoms with Crippen LogP contribution < -0.4 is 0 Å². The fraction of sp³-hybridized carbons (Fsp3) is 0.143. The molecule has 1 rings (SSSR count). The van der Waals surface area contributed by atoms with Crippen molar-refractivity contribution in [2.75, 3.05) is 0 Å². The van der Waals surface area contributed by atoms with E-state index < -0.39 is 10.1 Å². The number of rotatable bonds is 1. The first-order chi connectivity index (χ1) is 5.00. The molecule has 1 aromatic rings. The van der Waals surface area contributed by atoms with E-state index in [0.29, 0.717) is 0 Å². The van der Waals surface area contributed by atoms with Gasteiger partial charge in [-0.15, -0.1) is 0 Å². The molecule has 0 spiro atoms. The minimum atomic E-state index is -4.27. The maximum Gasteiger partial charge on any atom is 1.00 e. The molecule has 3 nitrogen and oxygen atoms in total. The van der Waals surface area contributed by atoms with Crippen LogP contribution >= 0.6 is 0 Å². The number of benzene rings is 1. The molecule has 0 atom stereocenters. The van der Waals surface area contributed by atoms with E-state index in [0.717, 1.165) is 5.56 Å². The number of aryl methyl sites for hydroxylation is 1. The minimum Gasteiger partial charge on any atom is -0.744 e. The van der Waals surface area contributed by atoms with Crippen LogP contribution in [0.15, 0.2) is 29.2 Å². The maximum atomic E-state index is 10.4. The Morgan fingerprint density at radius 3 is 1.92 bits per heavy atom. The van der Waals surface area contributed by atoms with Crippen molar-refractivity contribution in [3.05, 3.63) is 29.8 Å². The molecular weight excluding hydrogens is 365 g/mol. The van der Waals surface area contributed by atoms with Gasteiger partial charge in [0.25, 0.3) is 0 Å². The van der Waals surface area contributed by atoms with Gasteiger partial charge in [0.1, 0.15) is 10.1 Å². The van der Waals surface area contributed by atoms with Crippen molar-refractivity contribution in [2.45, 2.75) is 11.8 Å². The third-order valence-corrected chi connectivity index (χ3v) is 2.16. The second-order valence-corrected chi connectivity index (χ2v) is 3.65. The fourth-order valence-electron chi connectivity index (χ4n) is 0.705. The first kappa shape index (κ1) is 12.1. The van der Waals surface area contributed by atoms with Crippen LogP contribution in [0.4, 0.5) is 0 Å². The van der Waals surface area contributed by atoms with E-state index >= 15 is 0 Å². The molecule has 0 N–H and O–H groups in total. The van der Waals surface area contributed by atoms with Crippen molar-refractivity contribution in [3.63, 3.8) is 0 Å². The SMILES string of the molecule is Cc1ccc(S(=O)(=O)[O-])cc1.[Hg+]. The Bertz CT molecular complexity index is 341. The minimum absolute atomic E-state index is 0. The molecule has 0 heterocycles. The predicted octanol–water partition coefficient (Wildman–Crippen LogP) is 0.897. The average molecular weight is 372 g/mol. The molecule has 0 saturated carbocycles. The largest absolute Gasteiger partial charge is 1.00 e. The maximum absolute atomic E-state index is 10.4. The standard InChI is InChI=1S/C7H8O3S.Hg/c1-6-2-4-7(5-3-6)11(8,9)10;/h2-5H,1H3,(H,8,9,10);/q;+1/p-1.